The minimum Gasteiger partial charge on any atom is -0.480 e. The smallest absolute Gasteiger partial charge is 0.323 e. The van der Waals surface area contributed by atoms with E-state index in [1.54, 1.807) is 30.3 Å². The van der Waals surface area contributed by atoms with E-state index in [1.807, 2.05) is 0 Å². The molecule has 6 heteroatoms. The van der Waals surface area contributed by atoms with Crippen molar-refractivity contribution in [1.82, 2.24) is 4.90 Å². The second kappa shape index (κ2) is 6.81. The van der Waals surface area contributed by atoms with Crippen molar-refractivity contribution in [2.24, 2.45) is 0 Å². The van der Waals surface area contributed by atoms with Gasteiger partial charge >= 0.3 is 11.9 Å². The number of carboxylic acids is 2. The molecule has 0 fully saturated rings. The van der Waals surface area contributed by atoms with Gasteiger partial charge in [-0.05, 0) is 12.1 Å². The van der Waals surface area contributed by atoms with E-state index >= 15 is 0 Å². The van der Waals surface area contributed by atoms with Crippen LogP contribution in [0, 0.1) is 11.8 Å². The van der Waals surface area contributed by atoms with Crippen molar-refractivity contribution < 1.29 is 24.6 Å². The molecule has 1 amide bonds. The lowest BCUT2D eigenvalue weighted by molar-refractivity contribution is -0.147. The molecule has 2 N–H and O–H groups in total. The summed E-state index contributed by atoms with van der Waals surface area (Å²) < 4.78 is 0. The second-order valence-electron chi connectivity index (χ2n) is 3.56. The first-order valence-electron chi connectivity index (χ1n) is 5.28. The zero-order chi connectivity index (χ0) is 14.3. The molecule has 0 atom stereocenters. The van der Waals surface area contributed by atoms with Gasteiger partial charge in [0.05, 0.1) is 0 Å². The van der Waals surface area contributed by atoms with Crippen molar-refractivity contribution in [2.45, 2.75) is 0 Å². The average Bonchev–Trinajstić information content (AvgIpc) is 2.35. The Morgan fingerprint density at radius 1 is 1.00 bits per heavy atom. The zero-order valence-electron chi connectivity index (χ0n) is 9.87. The molecule has 1 rings (SSSR count). The SMILES string of the molecule is O=C(O)CN(CC(=O)O)C(=O)C#Cc1ccccc1. The van der Waals surface area contributed by atoms with Crippen LogP contribution in [0.1, 0.15) is 5.56 Å². The van der Waals surface area contributed by atoms with Gasteiger partial charge in [-0.3, -0.25) is 14.4 Å². The fourth-order valence-electron chi connectivity index (χ4n) is 1.25. The zero-order valence-corrected chi connectivity index (χ0v) is 9.87. The predicted molar refractivity (Wildman–Crippen MR) is 65.2 cm³/mol. The first kappa shape index (κ1) is 14.3. The number of rotatable bonds is 4. The van der Waals surface area contributed by atoms with Gasteiger partial charge in [0, 0.05) is 11.5 Å². The Labute approximate surface area is 109 Å². The van der Waals surface area contributed by atoms with Crippen molar-refractivity contribution >= 4 is 17.8 Å². The highest BCUT2D eigenvalue weighted by molar-refractivity contribution is 5.97. The maximum atomic E-state index is 11.6. The first-order valence-corrected chi connectivity index (χ1v) is 5.28. The molecule has 0 unspecified atom stereocenters. The minimum absolute atomic E-state index is 0.585. The predicted octanol–water partition coefficient (Wildman–Crippen LogP) is 0.0359. The Morgan fingerprint density at radius 2 is 1.53 bits per heavy atom. The Balaban J connectivity index is 2.80. The van der Waals surface area contributed by atoms with Gasteiger partial charge in [-0.2, -0.15) is 0 Å². The quantitative estimate of drug-likeness (QED) is 0.746. The molecule has 0 saturated heterocycles. The summed E-state index contributed by atoms with van der Waals surface area (Å²) in [5, 5.41) is 17.2. The Bertz CT molecular complexity index is 525. The highest BCUT2D eigenvalue weighted by atomic mass is 16.4. The number of nitrogens with zero attached hydrogens (tertiary/aromatic N) is 1. The standard InChI is InChI=1S/C13H11NO5/c15-11(7-6-10-4-2-1-3-5-10)14(8-12(16)17)9-13(18)19/h1-5H,8-9H2,(H,16,17)(H,18,19). The molecular weight excluding hydrogens is 250 g/mol. The first-order chi connectivity index (χ1) is 8.99. The second-order valence-corrected chi connectivity index (χ2v) is 3.56. The molecule has 0 spiro atoms. The van der Waals surface area contributed by atoms with Gasteiger partial charge in [-0.1, -0.05) is 24.1 Å². The fourth-order valence-corrected chi connectivity index (χ4v) is 1.25. The third-order valence-electron chi connectivity index (χ3n) is 2.03. The molecule has 0 bridgehead atoms. The van der Waals surface area contributed by atoms with Crippen LogP contribution in [0.3, 0.4) is 0 Å². The summed E-state index contributed by atoms with van der Waals surface area (Å²) in [7, 11) is 0. The van der Waals surface area contributed by atoms with Crippen LogP contribution in [0.25, 0.3) is 0 Å². The minimum atomic E-state index is -1.30. The molecule has 1 aromatic rings. The van der Waals surface area contributed by atoms with Crippen molar-refractivity contribution in [3.63, 3.8) is 0 Å². The molecule has 6 nitrogen and oxygen atoms in total. The average molecular weight is 261 g/mol. The topological polar surface area (TPSA) is 94.9 Å². The van der Waals surface area contributed by atoms with Crippen LogP contribution in [0.5, 0.6) is 0 Å². The lowest BCUT2D eigenvalue weighted by atomic mass is 10.2. The van der Waals surface area contributed by atoms with Gasteiger partial charge < -0.3 is 15.1 Å². The van der Waals surface area contributed by atoms with E-state index in [4.69, 9.17) is 10.2 Å². The Kier molecular flexibility index (Phi) is 5.11. The number of benzene rings is 1. The number of hydrogen-bond acceptors (Lipinski definition) is 3. The molecule has 0 saturated carbocycles. The summed E-state index contributed by atoms with van der Waals surface area (Å²) in [6.45, 7) is -1.40. The van der Waals surface area contributed by atoms with Gasteiger partial charge in [-0.15, -0.1) is 0 Å². The summed E-state index contributed by atoms with van der Waals surface area (Å²) in [5.74, 6) is 1.33. The fraction of sp³-hybridized carbons (Fsp3) is 0.154. The summed E-state index contributed by atoms with van der Waals surface area (Å²) >= 11 is 0. The van der Waals surface area contributed by atoms with E-state index in [2.05, 4.69) is 11.8 Å². The molecule has 0 aliphatic heterocycles. The van der Waals surface area contributed by atoms with Crippen molar-refractivity contribution in [3.8, 4) is 11.8 Å². The van der Waals surface area contributed by atoms with E-state index < -0.39 is 30.9 Å². The molecule has 0 aliphatic rings. The number of carboxylic acid groups (broad SMARTS) is 2. The molecular formula is C13H11NO5. The Hall–Kier alpha value is -2.81. The molecule has 1 aromatic carbocycles. The van der Waals surface area contributed by atoms with Gasteiger partial charge in [0.2, 0.25) is 0 Å². The molecule has 0 aliphatic carbocycles. The lowest BCUT2D eigenvalue weighted by Gasteiger charge is -2.14. The normalized spacial score (nSPS) is 9.05. The van der Waals surface area contributed by atoms with E-state index in [1.165, 1.54) is 0 Å². The monoisotopic (exact) mass is 261 g/mol. The van der Waals surface area contributed by atoms with Crippen molar-refractivity contribution in [2.75, 3.05) is 13.1 Å². The Morgan fingerprint density at radius 3 is 2.00 bits per heavy atom. The van der Waals surface area contributed by atoms with E-state index in [0.717, 1.165) is 0 Å². The van der Waals surface area contributed by atoms with Crippen LogP contribution in [-0.4, -0.2) is 46.0 Å². The van der Waals surface area contributed by atoms with Crippen molar-refractivity contribution in [3.05, 3.63) is 35.9 Å². The van der Waals surface area contributed by atoms with Gasteiger partial charge in [-0.25, -0.2) is 0 Å². The van der Waals surface area contributed by atoms with Crippen LogP contribution in [0.2, 0.25) is 0 Å². The van der Waals surface area contributed by atoms with Gasteiger partial charge in [0.15, 0.2) is 0 Å². The highest BCUT2D eigenvalue weighted by Crippen LogP contribution is 1.96. The molecule has 0 heterocycles. The maximum Gasteiger partial charge on any atom is 0.323 e. The summed E-state index contributed by atoms with van der Waals surface area (Å²) in [5.41, 5.74) is 0.585. The largest absolute Gasteiger partial charge is 0.480 e. The van der Waals surface area contributed by atoms with E-state index in [-0.39, 0.29) is 0 Å². The highest BCUT2D eigenvalue weighted by Gasteiger charge is 2.17. The van der Waals surface area contributed by atoms with Gasteiger partial charge in [0.1, 0.15) is 13.1 Å². The van der Waals surface area contributed by atoms with Crippen LogP contribution in [0.4, 0.5) is 0 Å². The van der Waals surface area contributed by atoms with Crippen LogP contribution in [-0.2, 0) is 14.4 Å². The summed E-state index contributed by atoms with van der Waals surface area (Å²) in [6.07, 6.45) is 0. The number of hydrogen-bond donors (Lipinski definition) is 2. The molecule has 0 radical (unpaired) electrons. The van der Waals surface area contributed by atoms with Crippen LogP contribution < -0.4 is 0 Å². The summed E-state index contributed by atoms with van der Waals surface area (Å²) in [4.78, 5) is 33.3. The van der Waals surface area contributed by atoms with Crippen LogP contribution >= 0.6 is 0 Å². The number of aliphatic carboxylic acids is 2. The third-order valence-corrected chi connectivity index (χ3v) is 2.03. The molecule has 0 aromatic heterocycles. The number of amides is 1. The molecule has 19 heavy (non-hydrogen) atoms. The third kappa shape index (κ3) is 5.37. The van der Waals surface area contributed by atoms with E-state index in [9.17, 15) is 14.4 Å². The molecule has 98 valence electrons. The summed E-state index contributed by atoms with van der Waals surface area (Å²) in [6, 6.07) is 8.62. The van der Waals surface area contributed by atoms with Crippen molar-refractivity contribution in [1.29, 1.82) is 0 Å². The maximum absolute atomic E-state index is 11.6. The number of carbonyl (C=O) groups is 3. The lowest BCUT2D eigenvalue weighted by Crippen LogP contribution is -2.38. The van der Waals surface area contributed by atoms with Gasteiger partial charge in [0.25, 0.3) is 5.91 Å². The van der Waals surface area contributed by atoms with E-state index in [0.29, 0.717) is 10.5 Å². The number of carbonyl (C=O) groups excluding carboxylic acids is 1. The van der Waals surface area contributed by atoms with Crippen LogP contribution in [0.15, 0.2) is 30.3 Å².